The molecule has 2 rings (SSSR count). The van der Waals surface area contributed by atoms with Gasteiger partial charge in [-0.05, 0) is 31.8 Å². The minimum absolute atomic E-state index is 0.0472. The van der Waals surface area contributed by atoms with Crippen LogP contribution in [0.3, 0.4) is 0 Å². The van der Waals surface area contributed by atoms with Gasteiger partial charge in [-0.25, -0.2) is 4.39 Å². The molecule has 3 unspecified atom stereocenters. The first kappa shape index (κ1) is 14.5. The van der Waals surface area contributed by atoms with Gasteiger partial charge >= 0.3 is 0 Å². The Balaban J connectivity index is 1.77. The first-order valence-corrected chi connectivity index (χ1v) is 6.82. The number of aliphatic hydroxyl groups is 1. The average Bonchev–Trinajstić information content (AvgIpc) is 2.79. The summed E-state index contributed by atoms with van der Waals surface area (Å²) in [5, 5.41) is 12.8. The predicted molar refractivity (Wildman–Crippen MR) is 70.0 cm³/mol. The minimum atomic E-state index is -0.778. The number of hydrogen-bond donors (Lipinski definition) is 2. The van der Waals surface area contributed by atoms with E-state index in [1.54, 1.807) is 0 Å². The third-order valence-electron chi connectivity index (χ3n) is 3.59. The van der Waals surface area contributed by atoms with Crippen molar-refractivity contribution in [3.63, 3.8) is 0 Å². The molecule has 1 fully saturated rings. The number of hydrogen-bond acceptors (Lipinski definition) is 4. The molecule has 0 saturated carbocycles. The van der Waals surface area contributed by atoms with Crippen molar-refractivity contribution in [3.05, 3.63) is 23.7 Å². The SMILES string of the molecule is COC(O)C1CC(COC2=CCCCC(F)=C2)CN1. The molecule has 0 aromatic carbocycles. The van der Waals surface area contributed by atoms with Crippen molar-refractivity contribution in [1.82, 2.24) is 5.32 Å². The fourth-order valence-corrected chi connectivity index (χ4v) is 2.47. The molecular weight excluding hydrogens is 249 g/mol. The van der Waals surface area contributed by atoms with Gasteiger partial charge in [-0.2, -0.15) is 0 Å². The molecule has 19 heavy (non-hydrogen) atoms. The number of halogens is 1. The van der Waals surface area contributed by atoms with Crippen LogP contribution in [0.4, 0.5) is 4.39 Å². The molecule has 1 aliphatic heterocycles. The van der Waals surface area contributed by atoms with Crippen LogP contribution in [0.15, 0.2) is 23.7 Å². The van der Waals surface area contributed by atoms with Gasteiger partial charge in [0, 0.05) is 25.6 Å². The summed E-state index contributed by atoms with van der Waals surface area (Å²) in [6, 6.07) is -0.0472. The zero-order chi connectivity index (χ0) is 13.7. The largest absolute Gasteiger partial charge is 0.493 e. The number of nitrogens with one attached hydrogen (secondary N) is 1. The lowest BCUT2D eigenvalue weighted by Crippen LogP contribution is -2.35. The maximum Gasteiger partial charge on any atom is 0.169 e. The molecule has 1 saturated heterocycles. The summed E-state index contributed by atoms with van der Waals surface area (Å²) >= 11 is 0. The van der Waals surface area contributed by atoms with Crippen molar-refractivity contribution in [2.45, 2.75) is 38.0 Å². The summed E-state index contributed by atoms with van der Waals surface area (Å²) in [6.07, 6.45) is 5.63. The molecule has 0 amide bonds. The van der Waals surface area contributed by atoms with Crippen LogP contribution < -0.4 is 5.32 Å². The van der Waals surface area contributed by atoms with E-state index in [0.717, 1.165) is 25.8 Å². The highest BCUT2D eigenvalue weighted by atomic mass is 19.1. The Hall–Kier alpha value is -0.910. The van der Waals surface area contributed by atoms with E-state index < -0.39 is 6.29 Å². The van der Waals surface area contributed by atoms with Crippen molar-refractivity contribution >= 4 is 0 Å². The fourth-order valence-electron chi connectivity index (χ4n) is 2.47. The van der Waals surface area contributed by atoms with E-state index in [9.17, 15) is 9.50 Å². The molecule has 0 radical (unpaired) electrons. The van der Waals surface area contributed by atoms with E-state index in [1.165, 1.54) is 13.2 Å². The minimum Gasteiger partial charge on any atom is -0.493 e. The standard InChI is InChI=1S/C14H22FNO3/c1-18-14(17)13-6-10(8-16-13)9-19-12-5-3-2-4-11(15)7-12/h5,7,10,13-14,16-17H,2-4,6,8-9H2,1H3. The molecule has 1 heterocycles. The molecule has 4 nitrogen and oxygen atoms in total. The summed E-state index contributed by atoms with van der Waals surface area (Å²) in [5.41, 5.74) is 0. The fraction of sp³-hybridized carbons (Fsp3) is 0.714. The van der Waals surface area contributed by atoms with Gasteiger partial charge in [-0.3, -0.25) is 0 Å². The molecule has 0 bridgehead atoms. The molecule has 0 aromatic rings. The van der Waals surface area contributed by atoms with Crippen LogP contribution in [-0.4, -0.2) is 37.7 Å². The maximum atomic E-state index is 13.3. The summed E-state index contributed by atoms with van der Waals surface area (Å²) < 4.78 is 23.8. The Bertz CT molecular complexity index is 357. The van der Waals surface area contributed by atoms with Gasteiger partial charge in [0.15, 0.2) is 6.29 Å². The van der Waals surface area contributed by atoms with E-state index in [1.807, 2.05) is 6.08 Å². The van der Waals surface area contributed by atoms with Gasteiger partial charge in [0.25, 0.3) is 0 Å². The first-order valence-electron chi connectivity index (χ1n) is 6.82. The van der Waals surface area contributed by atoms with Crippen LogP contribution in [0.25, 0.3) is 0 Å². The topological polar surface area (TPSA) is 50.7 Å². The Kier molecular flexibility index (Phi) is 5.36. The number of ether oxygens (including phenoxy) is 2. The third kappa shape index (κ3) is 4.30. The summed E-state index contributed by atoms with van der Waals surface area (Å²) in [6.45, 7) is 1.32. The van der Waals surface area contributed by atoms with E-state index in [-0.39, 0.29) is 11.9 Å². The third-order valence-corrected chi connectivity index (χ3v) is 3.59. The number of methoxy groups -OCH3 is 1. The smallest absolute Gasteiger partial charge is 0.169 e. The Labute approximate surface area is 113 Å². The van der Waals surface area contributed by atoms with Crippen molar-refractivity contribution in [2.75, 3.05) is 20.3 Å². The van der Waals surface area contributed by atoms with Gasteiger partial charge in [0.2, 0.25) is 0 Å². The number of allylic oxidation sites excluding steroid dienone is 3. The Morgan fingerprint density at radius 2 is 2.42 bits per heavy atom. The van der Waals surface area contributed by atoms with E-state index >= 15 is 0 Å². The highest BCUT2D eigenvalue weighted by Crippen LogP contribution is 2.22. The molecule has 3 atom stereocenters. The molecular formula is C14H22FNO3. The van der Waals surface area contributed by atoms with Gasteiger partial charge in [-0.1, -0.05) is 0 Å². The average molecular weight is 271 g/mol. The lowest BCUT2D eigenvalue weighted by atomic mass is 10.1. The second kappa shape index (κ2) is 7.03. The second-order valence-electron chi connectivity index (χ2n) is 5.14. The normalized spacial score (nSPS) is 29.4. The molecule has 0 spiro atoms. The van der Waals surface area contributed by atoms with Crippen molar-refractivity contribution in [2.24, 2.45) is 5.92 Å². The zero-order valence-electron chi connectivity index (χ0n) is 11.3. The lowest BCUT2D eigenvalue weighted by molar-refractivity contribution is -0.0940. The van der Waals surface area contributed by atoms with Crippen LogP contribution in [0.2, 0.25) is 0 Å². The second-order valence-corrected chi connectivity index (χ2v) is 5.14. The van der Waals surface area contributed by atoms with Gasteiger partial charge in [-0.15, -0.1) is 0 Å². The van der Waals surface area contributed by atoms with E-state index in [2.05, 4.69) is 5.32 Å². The van der Waals surface area contributed by atoms with Crippen LogP contribution >= 0.6 is 0 Å². The zero-order valence-corrected chi connectivity index (χ0v) is 11.3. The predicted octanol–water partition coefficient (Wildman–Crippen LogP) is 1.87. The Morgan fingerprint density at radius 1 is 1.58 bits per heavy atom. The first-order chi connectivity index (χ1) is 9.19. The summed E-state index contributed by atoms with van der Waals surface area (Å²) in [5.74, 6) is 0.835. The highest BCUT2D eigenvalue weighted by Gasteiger charge is 2.29. The molecule has 0 aromatic heterocycles. The van der Waals surface area contributed by atoms with Crippen molar-refractivity contribution in [3.8, 4) is 0 Å². The van der Waals surface area contributed by atoms with Crippen LogP contribution in [0.5, 0.6) is 0 Å². The number of rotatable bonds is 5. The summed E-state index contributed by atoms with van der Waals surface area (Å²) in [4.78, 5) is 0. The highest BCUT2D eigenvalue weighted by molar-refractivity contribution is 5.17. The number of aliphatic hydroxyl groups excluding tert-OH is 1. The maximum absolute atomic E-state index is 13.3. The van der Waals surface area contributed by atoms with Crippen molar-refractivity contribution in [1.29, 1.82) is 0 Å². The Morgan fingerprint density at radius 3 is 3.21 bits per heavy atom. The quantitative estimate of drug-likeness (QED) is 0.750. The summed E-state index contributed by atoms with van der Waals surface area (Å²) in [7, 11) is 1.49. The van der Waals surface area contributed by atoms with Crippen LogP contribution in [0.1, 0.15) is 25.7 Å². The monoisotopic (exact) mass is 271 g/mol. The van der Waals surface area contributed by atoms with Gasteiger partial charge in [0.05, 0.1) is 12.6 Å². The van der Waals surface area contributed by atoms with Gasteiger partial charge < -0.3 is 19.9 Å². The van der Waals surface area contributed by atoms with E-state index in [4.69, 9.17) is 9.47 Å². The lowest BCUT2D eigenvalue weighted by Gasteiger charge is -2.16. The molecule has 108 valence electrons. The van der Waals surface area contributed by atoms with Gasteiger partial charge in [0.1, 0.15) is 11.6 Å². The molecule has 5 heteroatoms. The molecule has 1 aliphatic carbocycles. The van der Waals surface area contributed by atoms with Crippen LogP contribution in [-0.2, 0) is 9.47 Å². The van der Waals surface area contributed by atoms with Crippen molar-refractivity contribution < 1.29 is 19.0 Å². The van der Waals surface area contributed by atoms with E-state index in [0.29, 0.717) is 24.7 Å². The molecule has 2 aliphatic rings. The molecule has 2 N–H and O–H groups in total. The van der Waals surface area contributed by atoms with Crippen LogP contribution in [0, 0.1) is 5.92 Å².